The third-order valence-corrected chi connectivity index (χ3v) is 8.15. The number of nitrogens with zero attached hydrogens (tertiary/aromatic N) is 3. The topological polar surface area (TPSA) is 67.4 Å². The van der Waals surface area contributed by atoms with E-state index >= 15 is 0 Å². The Morgan fingerprint density at radius 2 is 1.91 bits per heavy atom. The summed E-state index contributed by atoms with van der Waals surface area (Å²) in [5.41, 5.74) is 1.45. The lowest BCUT2D eigenvalue weighted by Gasteiger charge is -2.38. The van der Waals surface area contributed by atoms with Gasteiger partial charge in [-0.05, 0) is 57.0 Å². The Kier molecular flexibility index (Phi) is 9.41. The predicted molar refractivity (Wildman–Crippen MR) is 145 cm³/mol. The molecule has 2 atom stereocenters. The van der Waals surface area contributed by atoms with Gasteiger partial charge in [0, 0.05) is 46.9 Å². The molecule has 1 aromatic carbocycles. The average molecular weight is 598 g/mol. The minimum absolute atomic E-state index is 0.0270. The minimum atomic E-state index is -0.273. The number of carbonyl (C=O) groups is 1. The van der Waals surface area contributed by atoms with Crippen LogP contribution in [0.5, 0.6) is 5.19 Å². The molecular formula is C25H27BrCl2N4O2S. The van der Waals surface area contributed by atoms with Gasteiger partial charge in [0.1, 0.15) is 6.10 Å². The Morgan fingerprint density at radius 1 is 1.23 bits per heavy atom. The summed E-state index contributed by atoms with van der Waals surface area (Å²) in [7, 11) is 0. The van der Waals surface area contributed by atoms with E-state index in [1.165, 1.54) is 29.3 Å². The predicted octanol–water partition coefficient (Wildman–Crippen LogP) is 6.65. The normalized spacial score (nSPS) is 16.6. The van der Waals surface area contributed by atoms with Crippen LogP contribution in [0, 0.1) is 5.92 Å². The summed E-state index contributed by atoms with van der Waals surface area (Å²) in [5, 5.41) is 6.09. The molecule has 186 valence electrons. The fourth-order valence-electron chi connectivity index (χ4n) is 4.42. The molecule has 3 heterocycles. The second-order valence-corrected chi connectivity index (χ2v) is 11.2. The first-order valence-corrected chi connectivity index (χ1v) is 14.0. The molecule has 1 amide bonds. The van der Waals surface area contributed by atoms with Crippen molar-refractivity contribution >= 4 is 56.4 Å². The lowest BCUT2D eigenvalue weighted by Crippen LogP contribution is -2.43. The van der Waals surface area contributed by atoms with Crippen molar-refractivity contribution in [3.8, 4) is 5.19 Å². The first-order chi connectivity index (χ1) is 16.9. The van der Waals surface area contributed by atoms with Crippen LogP contribution in [0.2, 0.25) is 10.0 Å². The summed E-state index contributed by atoms with van der Waals surface area (Å²) in [6, 6.07) is 8.71. The SMILES string of the molecule is CC(CCNC(=O)c1c(Cl)cncc1Cl)N1CCC(C(Oc2nccs2)c2ccc(Br)cc2)CC1. The molecule has 1 N–H and O–H groups in total. The molecule has 1 saturated heterocycles. The number of rotatable bonds is 9. The van der Waals surface area contributed by atoms with E-state index in [2.05, 4.69) is 67.3 Å². The number of hydrogen-bond acceptors (Lipinski definition) is 6. The largest absolute Gasteiger partial charge is 0.462 e. The number of amides is 1. The van der Waals surface area contributed by atoms with Gasteiger partial charge in [0.25, 0.3) is 11.1 Å². The van der Waals surface area contributed by atoms with Gasteiger partial charge in [0.15, 0.2) is 0 Å². The van der Waals surface area contributed by atoms with Crippen LogP contribution >= 0.6 is 50.5 Å². The molecular weight excluding hydrogens is 571 g/mol. The van der Waals surface area contributed by atoms with E-state index in [-0.39, 0.29) is 27.6 Å². The van der Waals surface area contributed by atoms with Gasteiger partial charge in [-0.1, -0.05) is 62.6 Å². The van der Waals surface area contributed by atoms with Gasteiger partial charge in [-0.15, -0.1) is 0 Å². The number of thiazole rings is 1. The maximum atomic E-state index is 12.5. The summed E-state index contributed by atoms with van der Waals surface area (Å²) in [6.45, 7) is 4.72. The van der Waals surface area contributed by atoms with E-state index in [0.29, 0.717) is 23.7 Å². The molecule has 10 heteroatoms. The average Bonchev–Trinajstić information content (AvgIpc) is 3.37. The molecule has 1 fully saturated rings. The van der Waals surface area contributed by atoms with Crippen LogP contribution in [-0.2, 0) is 0 Å². The fourth-order valence-corrected chi connectivity index (χ4v) is 5.74. The van der Waals surface area contributed by atoms with E-state index in [1.54, 1.807) is 6.20 Å². The van der Waals surface area contributed by atoms with Crippen LogP contribution in [0.3, 0.4) is 0 Å². The van der Waals surface area contributed by atoms with Crippen LogP contribution in [0.4, 0.5) is 0 Å². The number of halogens is 3. The zero-order valence-corrected chi connectivity index (χ0v) is 23.2. The van der Waals surface area contributed by atoms with Gasteiger partial charge in [0.05, 0.1) is 15.6 Å². The van der Waals surface area contributed by atoms with Crippen LogP contribution in [0.15, 0.2) is 52.7 Å². The van der Waals surface area contributed by atoms with E-state index in [1.807, 2.05) is 5.38 Å². The zero-order chi connectivity index (χ0) is 24.8. The van der Waals surface area contributed by atoms with Crippen molar-refractivity contribution in [1.82, 2.24) is 20.2 Å². The number of carbonyl (C=O) groups excluding carboxylic acids is 1. The number of nitrogens with one attached hydrogen (secondary N) is 1. The number of piperidine rings is 1. The van der Waals surface area contributed by atoms with E-state index in [9.17, 15) is 4.79 Å². The third kappa shape index (κ3) is 6.95. The molecule has 3 aromatic rings. The highest BCUT2D eigenvalue weighted by Gasteiger charge is 2.31. The first-order valence-electron chi connectivity index (χ1n) is 11.5. The Morgan fingerprint density at radius 3 is 2.54 bits per heavy atom. The first kappa shape index (κ1) is 26.4. The van der Waals surface area contributed by atoms with Crippen LogP contribution < -0.4 is 10.1 Å². The Hall–Kier alpha value is -1.71. The molecule has 2 aromatic heterocycles. The lowest BCUT2D eigenvalue weighted by atomic mass is 9.86. The van der Waals surface area contributed by atoms with E-state index < -0.39 is 0 Å². The van der Waals surface area contributed by atoms with Crippen molar-refractivity contribution in [2.75, 3.05) is 19.6 Å². The van der Waals surface area contributed by atoms with Gasteiger partial charge in [0.2, 0.25) is 0 Å². The maximum absolute atomic E-state index is 12.5. The highest BCUT2D eigenvalue weighted by molar-refractivity contribution is 9.10. The summed E-state index contributed by atoms with van der Waals surface area (Å²) < 4.78 is 7.42. The number of likely N-dealkylation sites (tertiary alicyclic amines) is 1. The zero-order valence-electron chi connectivity index (χ0n) is 19.3. The summed E-state index contributed by atoms with van der Waals surface area (Å²) in [6.07, 6.45) is 7.50. The Balaban J connectivity index is 1.30. The quantitative estimate of drug-likeness (QED) is 0.299. The van der Waals surface area contributed by atoms with Gasteiger partial charge in [-0.3, -0.25) is 9.78 Å². The van der Waals surface area contributed by atoms with Gasteiger partial charge in [-0.2, -0.15) is 0 Å². The van der Waals surface area contributed by atoms with Crippen molar-refractivity contribution in [2.24, 2.45) is 5.92 Å². The number of benzene rings is 1. The van der Waals surface area contributed by atoms with Crippen LogP contribution in [0.1, 0.15) is 48.2 Å². The van der Waals surface area contributed by atoms with Crippen molar-refractivity contribution in [3.63, 3.8) is 0 Å². The molecule has 0 saturated carbocycles. The van der Waals surface area contributed by atoms with Gasteiger partial charge >= 0.3 is 0 Å². The number of aromatic nitrogens is 2. The van der Waals surface area contributed by atoms with Crippen molar-refractivity contribution < 1.29 is 9.53 Å². The van der Waals surface area contributed by atoms with Crippen molar-refractivity contribution in [2.45, 2.75) is 38.3 Å². The molecule has 4 rings (SSSR count). The molecule has 35 heavy (non-hydrogen) atoms. The molecule has 0 bridgehead atoms. The van der Waals surface area contributed by atoms with E-state index in [0.717, 1.165) is 36.8 Å². The standard InChI is InChI=1S/C25H27BrCl2N4O2S/c1-16(6-9-30-24(33)22-20(27)14-29-15-21(22)28)32-11-7-18(8-12-32)23(34-25-31-10-13-35-25)17-2-4-19(26)5-3-17/h2-5,10,13-16,18,23H,6-9,11-12H2,1H3,(H,30,33). The smallest absolute Gasteiger partial charge is 0.273 e. The molecule has 0 spiro atoms. The van der Waals surface area contributed by atoms with Crippen LogP contribution in [0.25, 0.3) is 0 Å². The molecule has 0 radical (unpaired) electrons. The molecule has 2 unspecified atom stereocenters. The van der Waals surface area contributed by atoms with E-state index in [4.69, 9.17) is 27.9 Å². The minimum Gasteiger partial charge on any atom is -0.462 e. The lowest BCUT2D eigenvalue weighted by molar-refractivity contribution is 0.0604. The second kappa shape index (κ2) is 12.5. The van der Waals surface area contributed by atoms with Gasteiger partial charge < -0.3 is 15.0 Å². The second-order valence-electron chi connectivity index (χ2n) is 8.63. The van der Waals surface area contributed by atoms with Crippen molar-refractivity contribution in [3.05, 3.63) is 73.9 Å². The number of ether oxygens (including phenoxy) is 1. The van der Waals surface area contributed by atoms with Crippen molar-refractivity contribution in [1.29, 1.82) is 0 Å². The third-order valence-electron chi connectivity index (χ3n) is 6.39. The summed E-state index contributed by atoms with van der Waals surface area (Å²) >= 11 is 17.2. The molecule has 6 nitrogen and oxygen atoms in total. The Labute approximate surface area is 228 Å². The number of pyridine rings is 1. The number of hydrogen-bond donors (Lipinski definition) is 1. The highest BCUT2D eigenvalue weighted by Crippen LogP contribution is 2.36. The Bertz CT molecular complexity index is 1090. The summed E-state index contributed by atoms with van der Waals surface area (Å²) in [5.74, 6) is 0.129. The van der Waals surface area contributed by atoms with Crippen LogP contribution in [-0.4, -0.2) is 46.5 Å². The molecule has 1 aliphatic rings. The monoisotopic (exact) mass is 596 g/mol. The maximum Gasteiger partial charge on any atom is 0.273 e. The molecule has 1 aliphatic heterocycles. The highest BCUT2D eigenvalue weighted by atomic mass is 79.9. The summed E-state index contributed by atoms with van der Waals surface area (Å²) in [4.78, 5) is 23.2. The molecule has 0 aliphatic carbocycles. The van der Waals surface area contributed by atoms with Gasteiger partial charge in [-0.25, -0.2) is 4.98 Å². The fraction of sp³-hybridized carbons (Fsp3) is 0.400.